The van der Waals surface area contributed by atoms with Crippen molar-refractivity contribution in [3.8, 4) is 0 Å². The molecule has 3 rings (SSSR count). The highest BCUT2D eigenvalue weighted by Gasteiger charge is 2.44. The van der Waals surface area contributed by atoms with Gasteiger partial charge in [-0.2, -0.15) is 26.3 Å². The summed E-state index contributed by atoms with van der Waals surface area (Å²) >= 11 is 0. The molecular weight excluding hydrogens is 492 g/mol. The number of pyridine rings is 2. The van der Waals surface area contributed by atoms with E-state index in [0.717, 1.165) is 30.3 Å². The minimum absolute atomic E-state index is 0.0188. The second-order valence-corrected chi connectivity index (χ2v) is 9.63. The molecule has 2 aromatic rings. The third-order valence-electron chi connectivity index (χ3n) is 4.97. The zero-order chi connectivity index (χ0) is 25.5. The Bertz CT molecular complexity index is 1200. The number of carbonyl (C=O) groups excluding carboxylic acids is 1. The molecule has 34 heavy (non-hydrogen) atoms. The van der Waals surface area contributed by atoms with Crippen LogP contribution in [-0.4, -0.2) is 58.3 Å². The van der Waals surface area contributed by atoms with Gasteiger partial charge in [-0.1, -0.05) is 0 Å². The molecule has 15 heteroatoms. The molecule has 8 nitrogen and oxygen atoms in total. The number of nitrogens with one attached hydrogen (secondary N) is 2. The Morgan fingerprint density at radius 1 is 1.26 bits per heavy atom. The number of rotatable bonds is 4. The molecule has 2 N–H and O–H groups in total. The second kappa shape index (κ2) is 9.02. The molecule has 0 aliphatic carbocycles. The molecule has 1 aliphatic rings. The molecule has 2 aromatic heterocycles. The molecule has 1 fully saturated rings. The van der Waals surface area contributed by atoms with E-state index < -0.39 is 57.3 Å². The molecule has 3 heterocycles. The lowest BCUT2D eigenvalue weighted by atomic mass is 10.0. The lowest BCUT2D eigenvalue weighted by Crippen LogP contribution is -2.50. The van der Waals surface area contributed by atoms with Gasteiger partial charge in [-0.15, -0.1) is 0 Å². The maximum atomic E-state index is 13.5. The van der Waals surface area contributed by atoms with Crippen LogP contribution in [0.15, 0.2) is 29.6 Å². The van der Waals surface area contributed by atoms with Crippen LogP contribution in [0.2, 0.25) is 0 Å². The molecule has 1 aliphatic heterocycles. The van der Waals surface area contributed by atoms with Crippen LogP contribution >= 0.6 is 0 Å². The summed E-state index contributed by atoms with van der Waals surface area (Å²) in [5.41, 5.74) is -2.34. The Labute approximate surface area is 190 Å². The van der Waals surface area contributed by atoms with Crippen LogP contribution < -0.4 is 10.2 Å². The quantitative estimate of drug-likeness (QED) is 0.604. The zero-order valence-electron chi connectivity index (χ0n) is 17.8. The van der Waals surface area contributed by atoms with Gasteiger partial charge in [-0.3, -0.25) is 4.79 Å². The number of halogens is 6. The lowest BCUT2D eigenvalue weighted by Gasteiger charge is -2.35. The van der Waals surface area contributed by atoms with Crippen molar-refractivity contribution in [1.29, 1.82) is 4.78 Å². The van der Waals surface area contributed by atoms with E-state index in [4.69, 9.17) is 9.52 Å². The van der Waals surface area contributed by atoms with E-state index in [1.165, 1.54) is 6.07 Å². The molecule has 0 spiro atoms. The fraction of sp³-hybridized carbons (Fsp3) is 0.421. The predicted octanol–water partition coefficient (Wildman–Crippen LogP) is 3.86. The smallest absolute Gasteiger partial charge is 0.365 e. The summed E-state index contributed by atoms with van der Waals surface area (Å²) in [7, 11) is -3.26. The van der Waals surface area contributed by atoms with Gasteiger partial charge in [0.05, 0.1) is 34.0 Å². The predicted molar refractivity (Wildman–Crippen MR) is 109 cm³/mol. The average molecular weight is 511 g/mol. The van der Waals surface area contributed by atoms with Gasteiger partial charge in [0.2, 0.25) is 0 Å². The van der Waals surface area contributed by atoms with Crippen LogP contribution in [0.1, 0.15) is 21.5 Å². The first-order chi connectivity index (χ1) is 15.6. The maximum Gasteiger partial charge on any atom is 0.418 e. The SMILES string of the molecule is Cc1c(C(F)(F)F)cnc(N2CCO[C@@H](C(F)(F)F)C2)c1C(=O)Nc1ccnc(S(C)(=N)=O)c1. The molecule has 0 aromatic carbocycles. The highest BCUT2D eigenvalue weighted by Crippen LogP contribution is 2.37. The number of morpholine rings is 1. The Morgan fingerprint density at radius 2 is 1.94 bits per heavy atom. The van der Waals surface area contributed by atoms with Crippen LogP contribution in [0.3, 0.4) is 0 Å². The summed E-state index contributed by atoms with van der Waals surface area (Å²) in [6.45, 7) is -0.265. The first kappa shape index (κ1) is 25.7. The van der Waals surface area contributed by atoms with Crippen molar-refractivity contribution in [3.05, 3.63) is 41.2 Å². The number of ether oxygens (including phenoxy) is 1. The van der Waals surface area contributed by atoms with Crippen molar-refractivity contribution in [2.24, 2.45) is 0 Å². The monoisotopic (exact) mass is 511 g/mol. The van der Waals surface area contributed by atoms with Crippen molar-refractivity contribution in [3.63, 3.8) is 0 Å². The van der Waals surface area contributed by atoms with Gasteiger partial charge in [-0.05, 0) is 24.6 Å². The molecule has 0 radical (unpaired) electrons. The molecule has 2 atom stereocenters. The summed E-state index contributed by atoms with van der Waals surface area (Å²) < 4.78 is 104. The topological polar surface area (TPSA) is 108 Å². The minimum Gasteiger partial charge on any atom is -0.365 e. The van der Waals surface area contributed by atoms with Crippen LogP contribution in [0.25, 0.3) is 0 Å². The molecule has 0 bridgehead atoms. The van der Waals surface area contributed by atoms with E-state index in [1.54, 1.807) is 0 Å². The third-order valence-corrected chi connectivity index (χ3v) is 6.00. The first-order valence-corrected chi connectivity index (χ1v) is 11.6. The van der Waals surface area contributed by atoms with E-state index >= 15 is 0 Å². The van der Waals surface area contributed by atoms with Crippen molar-refractivity contribution in [1.82, 2.24) is 9.97 Å². The van der Waals surface area contributed by atoms with Gasteiger partial charge in [0.1, 0.15) is 10.8 Å². The Hall–Kier alpha value is -2.94. The molecule has 0 saturated carbocycles. The van der Waals surface area contributed by atoms with Gasteiger partial charge in [0.25, 0.3) is 5.91 Å². The number of hydrogen-bond donors (Lipinski definition) is 2. The van der Waals surface area contributed by atoms with Crippen molar-refractivity contribution >= 4 is 27.1 Å². The average Bonchev–Trinajstić information content (AvgIpc) is 2.71. The fourth-order valence-electron chi connectivity index (χ4n) is 3.32. The van der Waals surface area contributed by atoms with Gasteiger partial charge in [0, 0.05) is 30.9 Å². The number of nitrogens with zero attached hydrogens (tertiary/aromatic N) is 3. The number of hydrogen-bond acceptors (Lipinski definition) is 7. The van der Waals surface area contributed by atoms with E-state index in [0.29, 0.717) is 6.20 Å². The third kappa shape index (κ3) is 5.58. The van der Waals surface area contributed by atoms with Gasteiger partial charge >= 0.3 is 12.4 Å². The largest absolute Gasteiger partial charge is 0.418 e. The minimum atomic E-state index is -4.87. The Balaban J connectivity index is 2.06. The summed E-state index contributed by atoms with van der Waals surface area (Å²) in [5, 5.41) is 2.16. The van der Waals surface area contributed by atoms with Crippen LogP contribution in [0.4, 0.5) is 37.8 Å². The van der Waals surface area contributed by atoms with E-state index in [2.05, 4.69) is 15.3 Å². The van der Waals surface area contributed by atoms with E-state index in [-0.39, 0.29) is 29.7 Å². The maximum absolute atomic E-state index is 13.5. The van der Waals surface area contributed by atoms with Crippen LogP contribution in [-0.2, 0) is 20.6 Å². The standard InChI is InChI=1S/C19H19F6N5O3S/c1-10-12(18(20,21)22)8-28-16(30-5-6-33-13(9-30)19(23,24)25)15(10)17(31)29-11-3-4-27-14(7-11)34(2,26)32/h3-4,7-8,13,26H,5-6,9H2,1-2H3,(H,27,29,31)/t13-,34?/m1/s1. The second-order valence-electron chi connectivity index (χ2n) is 7.52. The molecular formula is C19H19F6N5O3S. The number of amides is 1. The number of aromatic nitrogens is 2. The van der Waals surface area contributed by atoms with Crippen LogP contribution in [0, 0.1) is 11.7 Å². The number of alkyl halides is 6. The summed E-state index contributed by atoms with van der Waals surface area (Å²) in [6, 6.07) is 2.38. The molecule has 1 unspecified atom stereocenters. The molecule has 1 amide bonds. The fourth-order valence-corrected chi connectivity index (χ4v) is 3.93. The van der Waals surface area contributed by atoms with Gasteiger partial charge in [0.15, 0.2) is 6.10 Å². The van der Waals surface area contributed by atoms with E-state index in [1.807, 2.05) is 0 Å². The van der Waals surface area contributed by atoms with Crippen molar-refractivity contribution in [2.45, 2.75) is 30.4 Å². The first-order valence-electron chi connectivity index (χ1n) is 9.60. The number of carbonyl (C=O) groups is 1. The molecule has 186 valence electrons. The summed E-state index contributed by atoms with van der Waals surface area (Å²) in [4.78, 5) is 21.6. The molecule has 1 saturated heterocycles. The van der Waals surface area contributed by atoms with Crippen molar-refractivity contribution in [2.75, 3.05) is 36.2 Å². The van der Waals surface area contributed by atoms with Crippen LogP contribution in [0.5, 0.6) is 0 Å². The van der Waals surface area contributed by atoms with E-state index in [9.17, 15) is 35.3 Å². The normalized spacial score (nSPS) is 18.9. The Morgan fingerprint density at radius 3 is 2.53 bits per heavy atom. The zero-order valence-corrected chi connectivity index (χ0v) is 18.6. The van der Waals surface area contributed by atoms with Gasteiger partial charge in [-0.25, -0.2) is 19.0 Å². The summed E-state index contributed by atoms with van der Waals surface area (Å²) in [5.74, 6) is -1.44. The number of anilines is 2. The lowest BCUT2D eigenvalue weighted by molar-refractivity contribution is -0.221. The van der Waals surface area contributed by atoms with Crippen molar-refractivity contribution < 1.29 is 40.1 Å². The summed E-state index contributed by atoms with van der Waals surface area (Å²) in [6.07, 6.45) is -9.09. The highest BCUT2D eigenvalue weighted by molar-refractivity contribution is 7.91. The Kier molecular flexibility index (Phi) is 6.81. The highest BCUT2D eigenvalue weighted by atomic mass is 32.2. The van der Waals surface area contributed by atoms with Gasteiger partial charge < -0.3 is 15.0 Å².